The predicted octanol–water partition coefficient (Wildman–Crippen LogP) is 4.11. The lowest BCUT2D eigenvalue weighted by Crippen LogP contribution is -2.39. The molecule has 202 valence electrons. The van der Waals surface area contributed by atoms with Crippen molar-refractivity contribution in [2.24, 2.45) is 0 Å². The molecule has 39 heavy (non-hydrogen) atoms. The van der Waals surface area contributed by atoms with Gasteiger partial charge in [0.15, 0.2) is 14.9 Å². The summed E-state index contributed by atoms with van der Waals surface area (Å²) < 4.78 is 34.0. The number of carbonyl (C=O) groups excluding carboxylic acids is 1. The van der Waals surface area contributed by atoms with Crippen molar-refractivity contribution in [3.8, 4) is 11.4 Å². The molecule has 0 radical (unpaired) electrons. The molecule has 0 saturated heterocycles. The summed E-state index contributed by atoms with van der Waals surface area (Å²) in [5.74, 6) is 1.42. The number of fused-ring (bicyclic) bond motifs is 1. The molecule has 2 aliphatic rings. The van der Waals surface area contributed by atoms with E-state index in [0.29, 0.717) is 30.0 Å². The standard InChI is InChI=1S/C29H31N5O4S/c1-20-30-16-19-32(20)18-15-29(13-14-29)21-4-6-22(7-5-21)33-17-12-25-26(28(33)35)34(31-27(25)39(3,36)37)23-8-10-24(38-2)11-9-23/h4-11,16,19H,12-15,17-18H2,1-3H3. The van der Waals surface area contributed by atoms with E-state index in [1.165, 1.54) is 10.2 Å². The van der Waals surface area contributed by atoms with E-state index in [4.69, 9.17) is 4.74 Å². The molecule has 1 amide bonds. The van der Waals surface area contributed by atoms with Crippen LogP contribution in [0.5, 0.6) is 5.75 Å². The van der Waals surface area contributed by atoms with Gasteiger partial charge in [0.05, 0.1) is 12.8 Å². The third-order valence-electron chi connectivity index (χ3n) is 8.05. The number of benzene rings is 2. The van der Waals surface area contributed by atoms with Crippen molar-refractivity contribution in [2.45, 2.75) is 49.6 Å². The summed E-state index contributed by atoms with van der Waals surface area (Å²) in [4.78, 5) is 19.9. The van der Waals surface area contributed by atoms with E-state index in [-0.39, 0.29) is 22.0 Å². The van der Waals surface area contributed by atoms with E-state index in [1.807, 2.05) is 31.5 Å². The van der Waals surface area contributed by atoms with Gasteiger partial charge in [0.25, 0.3) is 5.91 Å². The van der Waals surface area contributed by atoms with Gasteiger partial charge in [0.1, 0.15) is 17.3 Å². The van der Waals surface area contributed by atoms with E-state index in [2.05, 4.69) is 26.8 Å². The molecule has 1 aliphatic carbocycles. The number of carbonyl (C=O) groups is 1. The van der Waals surface area contributed by atoms with Gasteiger partial charge in [0.2, 0.25) is 0 Å². The number of rotatable bonds is 8. The second kappa shape index (κ2) is 9.37. The molecule has 1 saturated carbocycles. The topological polar surface area (TPSA) is 99.3 Å². The van der Waals surface area contributed by atoms with E-state index in [0.717, 1.165) is 43.6 Å². The van der Waals surface area contributed by atoms with Crippen LogP contribution in [0.15, 0.2) is 66.0 Å². The van der Waals surface area contributed by atoms with Crippen molar-refractivity contribution in [3.05, 3.63) is 83.6 Å². The molecule has 0 N–H and O–H groups in total. The van der Waals surface area contributed by atoms with Crippen LogP contribution >= 0.6 is 0 Å². The quantitative estimate of drug-likeness (QED) is 0.330. The lowest BCUT2D eigenvalue weighted by molar-refractivity contribution is 0.0973. The smallest absolute Gasteiger partial charge is 0.277 e. The Kier molecular flexibility index (Phi) is 6.10. The highest BCUT2D eigenvalue weighted by Gasteiger charge is 2.44. The van der Waals surface area contributed by atoms with Crippen LogP contribution in [0.2, 0.25) is 0 Å². The fourth-order valence-electron chi connectivity index (χ4n) is 5.59. The van der Waals surface area contributed by atoms with E-state index in [1.54, 1.807) is 36.3 Å². The zero-order chi connectivity index (χ0) is 27.4. The van der Waals surface area contributed by atoms with Gasteiger partial charge in [-0.3, -0.25) is 4.79 Å². The Morgan fingerprint density at radius 3 is 2.31 bits per heavy atom. The first-order valence-electron chi connectivity index (χ1n) is 13.1. The Labute approximate surface area is 228 Å². The normalized spacial score (nSPS) is 16.3. The highest BCUT2D eigenvalue weighted by Crippen LogP contribution is 2.51. The van der Waals surface area contributed by atoms with Crippen molar-refractivity contribution >= 4 is 21.4 Å². The molecule has 1 aliphatic heterocycles. The fourth-order valence-corrected chi connectivity index (χ4v) is 6.46. The van der Waals surface area contributed by atoms with Crippen LogP contribution in [-0.2, 0) is 28.2 Å². The van der Waals surface area contributed by atoms with Gasteiger partial charge in [-0.05, 0) is 80.0 Å². The SMILES string of the molecule is COc1ccc(-n2nc(S(C)(=O)=O)c3c2C(=O)N(c2ccc(C4(CCn5ccnc5C)CC4)cc2)CC3)cc1. The first-order valence-corrected chi connectivity index (χ1v) is 15.0. The minimum absolute atomic E-state index is 0.0412. The summed E-state index contributed by atoms with van der Waals surface area (Å²) >= 11 is 0. The molecule has 9 nitrogen and oxygen atoms in total. The predicted molar refractivity (Wildman–Crippen MR) is 148 cm³/mol. The maximum atomic E-state index is 13.9. The molecule has 6 rings (SSSR count). The number of anilines is 1. The number of aromatic nitrogens is 4. The monoisotopic (exact) mass is 545 g/mol. The summed E-state index contributed by atoms with van der Waals surface area (Å²) in [5, 5.41) is 4.36. The number of ether oxygens (including phenoxy) is 1. The first-order chi connectivity index (χ1) is 18.7. The molecule has 2 aromatic carbocycles. The Hall–Kier alpha value is -3.92. The lowest BCUT2D eigenvalue weighted by atomic mass is 9.92. The Balaban J connectivity index is 1.29. The molecule has 0 bridgehead atoms. The second-order valence-corrected chi connectivity index (χ2v) is 12.4. The largest absolute Gasteiger partial charge is 0.497 e. The molecular formula is C29H31N5O4S. The van der Waals surface area contributed by atoms with Crippen molar-refractivity contribution in [3.63, 3.8) is 0 Å². The highest BCUT2D eigenvalue weighted by molar-refractivity contribution is 7.90. The molecule has 4 aromatic rings. The van der Waals surface area contributed by atoms with Crippen LogP contribution in [0.4, 0.5) is 5.69 Å². The third kappa shape index (κ3) is 4.52. The number of aryl methyl sites for hydroxylation is 2. The van der Waals surface area contributed by atoms with Crippen molar-refractivity contribution in [2.75, 3.05) is 24.8 Å². The highest BCUT2D eigenvalue weighted by atomic mass is 32.2. The molecular weight excluding hydrogens is 514 g/mol. The van der Waals surface area contributed by atoms with Crippen LogP contribution < -0.4 is 9.64 Å². The van der Waals surface area contributed by atoms with Crippen LogP contribution in [-0.4, -0.2) is 53.6 Å². The second-order valence-electron chi connectivity index (χ2n) is 10.5. The number of hydrogen-bond donors (Lipinski definition) is 0. The Bertz CT molecular complexity index is 1650. The Morgan fingerprint density at radius 2 is 1.72 bits per heavy atom. The van der Waals surface area contributed by atoms with Gasteiger partial charge in [-0.25, -0.2) is 18.1 Å². The summed E-state index contributed by atoms with van der Waals surface area (Å²) in [6, 6.07) is 15.3. The molecule has 0 spiro atoms. The van der Waals surface area contributed by atoms with Crippen LogP contribution in [0.25, 0.3) is 5.69 Å². The summed E-state index contributed by atoms with van der Waals surface area (Å²) in [7, 11) is -2.05. The maximum Gasteiger partial charge on any atom is 0.277 e. The number of imidazole rings is 1. The van der Waals surface area contributed by atoms with Crippen molar-refractivity contribution < 1.29 is 17.9 Å². The molecule has 10 heteroatoms. The van der Waals surface area contributed by atoms with Gasteiger partial charge in [-0.1, -0.05) is 12.1 Å². The minimum atomic E-state index is -3.62. The number of nitrogens with zero attached hydrogens (tertiary/aromatic N) is 5. The third-order valence-corrected chi connectivity index (χ3v) is 9.08. The number of amides is 1. The summed E-state index contributed by atoms with van der Waals surface area (Å²) in [6.07, 6.45) is 8.75. The van der Waals surface area contributed by atoms with E-state index >= 15 is 0 Å². The van der Waals surface area contributed by atoms with Crippen LogP contribution in [0.1, 0.15) is 46.7 Å². The minimum Gasteiger partial charge on any atom is -0.497 e. The van der Waals surface area contributed by atoms with Gasteiger partial charge >= 0.3 is 0 Å². The number of methoxy groups -OCH3 is 1. The van der Waals surface area contributed by atoms with Gasteiger partial charge in [-0.2, -0.15) is 5.10 Å². The zero-order valence-corrected chi connectivity index (χ0v) is 23.1. The molecule has 0 unspecified atom stereocenters. The van der Waals surface area contributed by atoms with Gasteiger partial charge in [0, 0.05) is 43.0 Å². The van der Waals surface area contributed by atoms with Crippen molar-refractivity contribution in [1.82, 2.24) is 19.3 Å². The Morgan fingerprint density at radius 1 is 1.03 bits per heavy atom. The first kappa shape index (κ1) is 25.4. The molecule has 2 aromatic heterocycles. The average molecular weight is 546 g/mol. The summed E-state index contributed by atoms with van der Waals surface area (Å²) in [6.45, 7) is 3.33. The lowest BCUT2D eigenvalue weighted by Gasteiger charge is -2.28. The maximum absolute atomic E-state index is 13.9. The van der Waals surface area contributed by atoms with Gasteiger partial charge in [-0.15, -0.1) is 0 Å². The van der Waals surface area contributed by atoms with Crippen LogP contribution in [0.3, 0.4) is 0 Å². The molecule has 3 heterocycles. The zero-order valence-electron chi connectivity index (χ0n) is 22.3. The van der Waals surface area contributed by atoms with Gasteiger partial charge < -0.3 is 14.2 Å². The summed E-state index contributed by atoms with van der Waals surface area (Å²) in [5.41, 5.74) is 3.60. The molecule has 1 fully saturated rings. The number of hydrogen-bond acceptors (Lipinski definition) is 6. The molecule has 0 atom stereocenters. The van der Waals surface area contributed by atoms with Crippen LogP contribution in [0, 0.1) is 6.92 Å². The van der Waals surface area contributed by atoms with E-state index < -0.39 is 9.84 Å². The fraction of sp³-hybridized carbons (Fsp3) is 0.345. The number of sulfone groups is 1. The van der Waals surface area contributed by atoms with E-state index in [9.17, 15) is 13.2 Å². The average Bonchev–Trinajstić information content (AvgIpc) is 3.43. The van der Waals surface area contributed by atoms with Crippen molar-refractivity contribution in [1.29, 1.82) is 0 Å².